The van der Waals surface area contributed by atoms with Crippen LogP contribution in [0.3, 0.4) is 0 Å². The van der Waals surface area contributed by atoms with Gasteiger partial charge in [-0.2, -0.15) is 0 Å². The standard InChI is InChI=1S/C16H23NO3/c1(6-17-7-11-18-12-8-17)3-14-4-5-15-16(13-14)20-10-2-9-19-15/h4-5,13H,1-3,6-12H2. The van der Waals surface area contributed by atoms with Crippen LogP contribution in [0.4, 0.5) is 0 Å². The van der Waals surface area contributed by atoms with Crippen LogP contribution < -0.4 is 9.47 Å². The monoisotopic (exact) mass is 277 g/mol. The molecule has 0 N–H and O–H groups in total. The first-order valence-corrected chi connectivity index (χ1v) is 7.60. The number of benzene rings is 1. The van der Waals surface area contributed by atoms with Gasteiger partial charge in [-0.05, 0) is 37.1 Å². The SMILES string of the molecule is c1cc2c(cc1CCCN1CCOCC1)OCCCO2. The van der Waals surface area contributed by atoms with E-state index in [2.05, 4.69) is 17.0 Å². The minimum Gasteiger partial charge on any atom is -0.490 e. The molecule has 110 valence electrons. The highest BCUT2D eigenvalue weighted by molar-refractivity contribution is 5.43. The van der Waals surface area contributed by atoms with E-state index in [1.54, 1.807) is 0 Å². The van der Waals surface area contributed by atoms with E-state index in [1.807, 2.05) is 6.07 Å². The van der Waals surface area contributed by atoms with Crippen molar-refractivity contribution in [1.29, 1.82) is 0 Å². The Kier molecular flexibility index (Phi) is 4.77. The molecule has 0 bridgehead atoms. The second-order valence-electron chi connectivity index (χ2n) is 5.39. The van der Waals surface area contributed by atoms with Gasteiger partial charge in [0.25, 0.3) is 0 Å². The van der Waals surface area contributed by atoms with Crippen molar-refractivity contribution < 1.29 is 14.2 Å². The topological polar surface area (TPSA) is 30.9 Å². The third kappa shape index (κ3) is 3.64. The number of morpholine rings is 1. The minimum absolute atomic E-state index is 0.753. The Morgan fingerprint density at radius 1 is 0.950 bits per heavy atom. The zero-order valence-electron chi connectivity index (χ0n) is 12.0. The maximum absolute atomic E-state index is 5.73. The molecule has 0 atom stereocenters. The summed E-state index contributed by atoms with van der Waals surface area (Å²) in [5.41, 5.74) is 1.34. The third-order valence-corrected chi connectivity index (χ3v) is 3.86. The Morgan fingerprint density at radius 2 is 1.75 bits per heavy atom. The van der Waals surface area contributed by atoms with Gasteiger partial charge >= 0.3 is 0 Å². The first-order chi connectivity index (χ1) is 9.92. The molecule has 0 amide bonds. The van der Waals surface area contributed by atoms with E-state index in [9.17, 15) is 0 Å². The van der Waals surface area contributed by atoms with Crippen LogP contribution in [0.25, 0.3) is 0 Å². The molecule has 1 fully saturated rings. The molecule has 0 unspecified atom stereocenters. The van der Waals surface area contributed by atoms with Crippen LogP contribution in [0.5, 0.6) is 11.5 Å². The lowest BCUT2D eigenvalue weighted by Gasteiger charge is -2.26. The predicted octanol–water partition coefficient (Wildman–Crippen LogP) is 2.11. The number of nitrogens with zero attached hydrogens (tertiary/aromatic N) is 1. The van der Waals surface area contributed by atoms with Crippen LogP contribution >= 0.6 is 0 Å². The minimum atomic E-state index is 0.753. The molecule has 4 nitrogen and oxygen atoms in total. The van der Waals surface area contributed by atoms with E-state index in [0.29, 0.717) is 0 Å². The Bertz CT molecular complexity index is 430. The highest BCUT2D eigenvalue weighted by Crippen LogP contribution is 2.30. The molecular formula is C16H23NO3. The molecule has 0 aliphatic carbocycles. The smallest absolute Gasteiger partial charge is 0.161 e. The summed E-state index contributed by atoms with van der Waals surface area (Å²) >= 11 is 0. The Morgan fingerprint density at radius 3 is 2.60 bits per heavy atom. The van der Waals surface area contributed by atoms with Crippen molar-refractivity contribution in [3.8, 4) is 11.5 Å². The predicted molar refractivity (Wildman–Crippen MR) is 77.6 cm³/mol. The summed E-state index contributed by atoms with van der Waals surface area (Å²) in [7, 11) is 0. The quantitative estimate of drug-likeness (QED) is 0.843. The van der Waals surface area contributed by atoms with Gasteiger partial charge in [0.15, 0.2) is 11.5 Å². The maximum Gasteiger partial charge on any atom is 0.161 e. The summed E-state index contributed by atoms with van der Waals surface area (Å²) < 4.78 is 16.8. The molecule has 3 rings (SSSR count). The first-order valence-electron chi connectivity index (χ1n) is 7.60. The fourth-order valence-electron chi connectivity index (χ4n) is 2.69. The molecule has 0 saturated carbocycles. The number of aryl methyl sites for hydroxylation is 1. The van der Waals surface area contributed by atoms with Crippen molar-refractivity contribution in [2.45, 2.75) is 19.3 Å². The fourth-order valence-corrected chi connectivity index (χ4v) is 2.69. The second-order valence-corrected chi connectivity index (χ2v) is 5.39. The molecule has 1 aromatic carbocycles. The summed E-state index contributed by atoms with van der Waals surface area (Å²) in [5, 5.41) is 0. The van der Waals surface area contributed by atoms with Crippen LogP contribution in [0.15, 0.2) is 18.2 Å². The lowest BCUT2D eigenvalue weighted by atomic mass is 10.1. The molecule has 1 saturated heterocycles. The molecular weight excluding hydrogens is 254 g/mol. The van der Waals surface area contributed by atoms with Gasteiger partial charge in [0, 0.05) is 19.5 Å². The van der Waals surface area contributed by atoms with Gasteiger partial charge < -0.3 is 14.2 Å². The van der Waals surface area contributed by atoms with Gasteiger partial charge in [-0.1, -0.05) is 6.07 Å². The van der Waals surface area contributed by atoms with Crippen molar-refractivity contribution in [2.75, 3.05) is 46.1 Å². The zero-order chi connectivity index (χ0) is 13.6. The molecule has 1 aromatic rings. The van der Waals surface area contributed by atoms with Gasteiger partial charge in [0.1, 0.15) is 0 Å². The number of fused-ring (bicyclic) bond motifs is 1. The molecule has 0 aromatic heterocycles. The summed E-state index contributed by atoms with van der Waals surface area (Å²) in [6, 6.07) is 6.34. The van der Waals surface area contributed by atoms with Crippen LogP contribution in [0.1, 0.15) is 18.4 Å². The molecule has 2 aliphatic heterocycles. The average Bonchev–Trinajstić information content (AvgIpc) is 2.73. The number of ether oxygens (including phenoxy) is 3. The lowest BCUT2D eigenvalue weighted by molar-refractivity contribution is 0.0374. The largest absolute Gasteiger partial charge is 0.490 e. The highest BCUT2D eigenvalue weighted by atomic mass is 16.5. The van der Waals surface area contributed by atoms with E-state index in [-0.39, 0.29) is 0 Å². The number of rotatable bonds is 4. The summed E-state index contributed by atoms with van der Waals surface area (Å²) in [6.45, 7) is 6.56. The third-order valence-electron chi connectivity index (χ3n) is 3.86. The summed E-state index contributed by atoms with van der Waals surface area (Å²) in [4.78, 5) is 2.48. The van der Waals surface area contributed by atoms with Crippen molar-refractivity contribution in [1.82, 2.24) is 4.90 Å². The summed E-state index contributed by atoms with van der Waals surface area (Å²) in [5.74, 6) is 1.80. The Labute approximate surface area is 120 Å². The second kappa shape index (κ2) is 6.95. The average molecular weight is 277 g/mol. The molecule has 0 spiro atoms. The van der Waals surface area contributed by atoms with Gasteiger partial charge in [0.05, 0.1) is 26.4 Å². The highest BCUT2D eigenvalue weighted by Gasteiger charge is 2.12. The van der Waals surface area contributed by atoms with E-state index >= 15 is 0 Å². The van der Waals surface area contributed by atoms with Crippen LogP contribution in [0.2, 0.25) is 0 Å². The molecule has 2 aliphatic rings. The van der Waals surface area contributed by atoms with E-state index in [4.69, 9.17) is 14.2 Å². The normalized spacial score (nSPS) is 19.6. The van der Waals surface area contributed by atoms with Crippen molar-refractivity contribution in [3.05, 3.63) is 23.8 Å². The van der Waals surface area contributed by atoms with Crippen LogP contribution in [-0.2, 0) is 11.2 Å². The Hall–Kier alpha value is -1.26. The van der Waals surface area contributed by atoms with Gasteiger partial charge in [0.2, 0.25) is 0 Å². The Balaban J connectivity index is 1.51. The van der Waals surface area contributed by atoms with Crippen molar-refractivity contribution in [2.24, 2.45) is 0 Å². The first kappa shape index (κ1) is 13.7. The number of hydrogen-bond acceptors (Lipinski definition) is 4. The zero-order valence-corrected chi connectivity index (χ0v) is 12.0. The molecule has 2 heterocycles. The molecule has 4 heteroatoms. The lowest BCUT2D eigenvalue weighted by Crippen LogP contribution is -2.36. The van der Waals surface area contributed by atoms with Crippen molar-refractivity contribution >= 4 is 0 Å². The number of hydrogen-bond donors (Lipinski definition) is 0. The van der Waals surface area contributed by atoms with E-state index < -0.39 is 0 Å². The summed E-state index contributed by atoms with van der Waals surface area (Å²) in [6.07, 6.45) is 3.23. The maximum atomic E-state index is 5.73. The van der Waals surface area contributed by atoms with Crippen LogP contribution in [0, 0.1) is 0 Å². The fraction of sp³-hybridized carbons (Fsp3) is 0.625. The van der Waals surface area contributed by atoms with E-state index in [1.165, 1.54) is 12.0 Å². The van der Waals surface area contributed by atoms with Gasteiger partial charge in [-0.25, -0.2) is 0 Å². The van der Waals surface area contributed by atoms with E-state index in [0.717, 1.165) is 70.4 Å². The molecule has 0 radical (unpaired) electrons. The molecule has 20 heavy (non-hydrogen) atoms. The van der Waals surface area contributed by atoms with Crippen LogP contribution in [-0.4, -0.2) is 51.0 Å². The van der Waals surface area contributed by atoms with Crippen molar-refractivity contribution in [3.63, 3.8) is 0 Å². The van der Waals surface area contributed by atoms with Gasteiger partial charge in [-0.3, -0.25) is 4.90 Å². The van der Waals surface area contributed by atoms with Gasteiger partial charge in [-0.15, -0.1) is 0 Å².